The van der Waals surface area contributed by atoms with Gasteiger partial charge in [-0.05, 0) is 38.0 Å². The van der Waals surface area contributed by atoms with E-state index < -0.39 is 10.0 Å². The van der Waals surface area contributed by atoms with Crippen molar-refractivity contribution in [3.8, 4) is 0 Å². The van der Waals surface area contributed by atoms with E-state index in [-0.39, 0.29) is 11.5 Å². The second-order valence-electron chi connectivity index (χ2n) is 5.17. The summed E-state index contributed by atoms with van der Waals surface area (Å²) in [4.78, 5) is 0. The molecule has 5 heteroatoms. The lowest BCUT2D eigenvalue weighted by atomic mass is 10.2. The molecule has 0 aromatic heterocycles. The van der Waals surface area contributed by atoms with Gasteiger partial charge in [0.25, 0.3) is 0 Å². The van der Waals surface area contributed by atoms with Gasteiger partial charge in [-0.1, -0.05) is 20.8 Å². The van der Waals surface area contributed by atoms with E-state index in [0.717, 1.165) is 39.3 Å². The number of aliphatic hydroxyl groups is 1. The summed E-state index contributed by atoms with van der Waals surface area (Å²) in [7, 11) is -1.97. The Morgan fingerprint density at radius 1 is 1.28 bits per heavy atom. The number of rotatable bonds is 3. The van der Waals surface area contributed by atoms with Crippen molar-refractivity contribution >= 4 is 10.0 Å². The van der Waals surface area contributed by atoms with Crippen LogP contribution < -0.4 is 0 Å². The van der Waals surface area contributed by atoms with Gasteiger partial charge in [0.15, 0.2) is 0 Å². The second kappa shape index (κ2) is 7.46. The predicted molar refractivity (Wildman–Crippen MR) is 76.0 cm³/mol. The summed E-state index contributed by atoms with van der Waals surface area (Å²) in [5, 5.41) is 7.00. The van der Waals surface area contributed by atoms with Crippen LogP contribution in [0.15, 0.2) is 0 Å². The molecule has 1 unspecified atom stereocenters. The molecular weight excluding hydrogens is 250 g/mol. The Kier molecular flexibility index (Phi) is 7.40. The van der Waals surface area contributed by atoms with Gasteiger partial charge in [-0.25, -0.2) is 8.42 Å². The Hall–Kier alpha value is -0.130. The van der Waals surface area contributed by atoms with E-state index in [0.29, 0.717) is 5.75 Å². The minimum atomic E-state index is -2.97. The van der Waals surface area contributed by atoms with Crippen LogP contribution in [0.2, 0.25) is 0 Å². The molecule has 0 radical (unpaired) electrons. The van der Waals surface area contributed by atoms with Gasteiger partial charge in [0.05, 0.1) is 5.75 Å². The molecule has 2 fully saturated rings. The molecular formula is C13H29NO3S. The van der Waals surface area contributed by atoms with Crippen LogP contribution in [0.25, 0.3) is 0 Å². The summed E-state index contributed by atoms with van der Waals surface area (Å²) in [5.41, 5.74) is 0.0984. The molecule has 2 rings (SSSR count). The van der Waals surface area contributed by atoms with Crippen molar-refractivity contribution < 1.29 is 13.5 Å². The van der Waals surface area contributed by atoms with Crippen LogP contribution in [0.3, 0.4) is 0 Å². The fourth-order valence-electron chi connectivity index (χ4n) is 2.20. The Morgan fingerprint density at radius 3 is 2.11 bits per heavy atom. The van der Waals surface area contributed by atoms with E-state index >= 15 is 0 Å². The van der Waals surface area contributed by atoms with Crippen LogP contribution >= 0.6 is 0 Å². The molecule has 4 nitrogen and oxygen atoms in total. The van der Waals surface area contributed by atoms with Gasteiger partial charge in [-0.3, -0.25) is 0 Å². The lowest BCUT2D eigenvalue weighted by Crippen LogP contribution is -2.37. The minimum absolute atomic E-state index is 0.0984. The van der Waals surface area contributed by atoms with Crippen molar-refractivity contribution in [3.63, 3.8) is 0 Å². The molecule has 1 aliphatic heterocycles. The van der Waals surface area contributed by atoms with E-state index in [1.807, 2.05) is 20.8 Å². The van der Waals surface area contributed by atoms with Crippen LogP contribution in [-0.2, 0) is 10.0 Å². The van der Waals surface area contributed by atoms with Gasteiger partial charge >= 0.3 is 0 Å². The Morgan fingerprint density at radius 2 is 1.78 bits per heavy atom. The minimum Gasteiger partial charge on any atom is -0.400 e. The van der Waals surface area contributed by atoms with E-state index in [4.69, 9.17) is 5.11 Å². The number of hydrogen-bond acceptors (Lipinski definition) is 3. The highest BCUT2D eigenvalue weighted by Gasteiger charge is 2.44. The molecule has 110 valence electrons. The molecule has 1 saturated heterocycles. The number of sulfonamides is 1. The summed E-state index contributed by atoms with van der Waals surface area (Å²) in [6.45, 7) is 8.82. The number of aliphatic hydroxyl groups excluding tert-OH is 1. The lowest BCUT2D eigenvalue weighted by Gasteiger charge is -2.22. The van der Waals surface area contributed by atoms with E-state index in [9.17, 15) is 8.42 Å². The summed E-state index contributed by atoms with van der Waals surface area (Å²) < 4.78 is 25.8. The first-order chi connectivity index (χ1) is 8.43. The molecule has 18 heavy (non-hydrogen) atoms. The average molecular weight is 279 g/mol. The van der Waals surface area contributed by atoms with Crippen LogP contribution in [-0.4, -0.2) is 43.3 Å². The first-order valence-corrected chi connectivity index (χ1v) is 8.48. The lowest BCUT2D eigenvalue weighted by molar-refractivity contribution is 0.399. The molecule has 0 bridgehead atoms. The van der Waals surface area contributed by atoms with Gasteiger partial charge < -0.3 is 5.11 Å². The topological polar surface area (TPSA) is 57.6 Å². The van der Waals surface area contributed by atoms with Crippen molar-refractivity contribution in [2.24, 2.45) is 5.41 Å². The van der Waals surface area contributed by atoms with Crippen molar-refractivity contribution in [3.05, 3.63) is 0 Å². The average Bonchev–Trinajstić information content (AvgIpc) is 2.89. The van der Waals surface area contributed by atoms with Crippen molar-refractivity contribution in [2.45, 2.75) is 59.4 Å². The highest BCUT2D eigenvalue weighted by atomic mass is 32.2. The fraction of sp³-hybridized carbons (Fsp3) is 1.00. The highest BCUT2D eigenvalue weighted by molar-refractivity contribution is 7.89. The van der Waals surface area contributed by atoms with Crippen molar-refractivity contribution in [1.82, 2.24) is 4.31 Å². The maximum absolute atomic E-state index is 12.0. The first kappa shape index (κ1) is 17.9. The monoisotopic (exact) mass is 279 g/mol. The normalized spacial score (nSPS) is 25.6. The van der Waals surface area contributed by atoms with Gasteiger partial charge in [0, 0.05) is 19.7 Å². The van der Waals surface area contributed by atoms with Crippen LogP contribution in [0.1, 0.15) is 53.4 Å². The maximum atomic E-state index is 12.0. The molecule has 0 aromatic carbocycles. The third-order valence-corrected chi connectivity index (χ3v) is 5.80. The second-order valence-corrected chi connectivity index (χ2v) is 7.09. The molecule has 1 saturated carbocycles. The zero-order chi connectivity index (χ0) is 14.4. The Labute approximate surface area is 112 Å². The van der Waals surface area contributed by atoms with Crippen molar-refractivity contribution in [1.29, 1.82) is 0 Å². The summed E-state index contributed by atoms with van der Waals surface area (Å²) in [6, 6.07) is 0.224. The fourth-order valence-corrected chi connectivity index (χ4v) is 4.60. The molecule has 0 aromatic rings. The third kappa shape index (κ3) is 4.86. The summed E-state index contributed by atoms with van der Waals surface area (Å²) in [6.07, 6.45) is 4.20. The molecule has 1 atom stereocenters. The van der Waals surface area contributed by atoms with Gasteiger partial charge in [0.2, 0.25) is 10.0 Å². The third-order valence-electron chi connectivity index (χ3n) is 3.48. The van der Waals surface area contributed by atoms with E-state index in [1.165, 1.54) is 0 Å². The molecule has 1 heterocycles. The largest absolute Gasteiger partial charge is 0.400 e. The molecule has 0 spiro atoms. The van der Waals surface area contributed by atoms with Gasteiger partial charge in [-0.2, -0.15) is 4.31 Å². The van der Waals surface area contributed by atoms with E-state index in [2.05, 4.69) is 6.92 Å². The standard InChI is InChI=1S/C10H19NO2S.C2H6.CH4O/c1-9-4-3-7-11(9)14(12,13)8-10(2)5-6-10;2*1-2/h9H,3-8H2,1-2H3;1-2H3;2H,1H3. The van der Waals surface area contributed by atoms with Crippen LogP contribution in [0.5, 0.6) is 0 Å². The summed E-state index contributed by atoms with van der Waals surface area (Å²) in [5.74, 6) is 0.365. The zero-order valence-corrected chi connectivity index (χ0v) is 13.3. The zero-order valence-electron chi connectivity index (χ0n) is 12.4. The van der Waals surface area contributed by atoms with Crippen molar-refractivity contribution in [2.75, 3.05) is 19.4 Å². The summed E-state index contributed by atoms with van der Waals surface area (Å²) >= 11 is 0. The number of nitrogens with zero attached hydrogens (tertiary/aromatic N) is 1. The molecule has 0 amide bonds. The quantitative estimate of drug-likeness (QED) is 0.862. The predicted octanol–water partition coefficient (Wildman–Crippen LogP) is 2.24. The van der Waals surface area contributed by atoms with Gasteiger partial charge in [0.1, 0.15) is 0 Å². The van der Waals surface area contributed by atoms with Crippen LogP contribution in [0.4, 0.5) is 0 Å². The molecule has 2 aliphatic rings. The molecule has 1 aliphatic carbocycles. The Bertz CT molecular complexity index is 323. The smallest absolute Gasteiger partial charge is 0.214 e. The van der Waals surface area contributed by atoms with E-state index in [1.54, 1.807) is 4.31 Å². The highest BCUT2D eigenvalue weighted by Crippen LogP contribution is 2.46. The van der Waals surface area contributed by atoms with Crippen LogP contribution in [0, 0.1) is 5.41 Å². The first-order valence-electron chi connectivity index (χ1n) is 6.87. The maximum Gasteiger partial charge on any atom is 0.214 e. The Balaban J connectivity index is 0.000000659. The van der Waals surface area contributed by atoms with Gasteiger partial charge in [-0.15, -0.1) is 0 Å². The SMILES string of the molecule is CC.CC1CCCN1S(=O)(=O)CC1(C)CC1.CO. The number of hydrogen-bond donors (Lipinski definition) is 1. The molecule has 1 N–H and O–H groups in total.